The molecule has 124 valence electrons. The summed E-state index contributed by atoms with van der Waals surface area (Å²) in [5.74, 6) is 0.597. The number of benzene rings is 2. The summed E-state index contributed by atoms with van der Waals surface area (Å²) < 4.78 is 0. The molecule has 0 spiro atoms. The Balaban J connectivity index is 2.60. The molecule has 0 radical (unpaired) electrons. The minimum atomic E-state index is 0.299. The van der Waals surface area contributed by atoms with E-state index in [4.69, 9.17) is 0 Å². The Hall–Kier alpha value is -1.61. The molecule has 0 amide bonds. The van der Waals surface area contributed by atoms with Crippen molar-refractivity contribution in [2.45, 2.75) is 63.2 Å². The number of hydrogen-bond donors (Lipinski definition) is 2. The van der Waals surface area contributed by atoms with Crippen molar-refractivity contribution >= 4 is 11.8 Å². The monoisotopic (exact) mass is 330 g/mol. The zero-order valence-electron chi connectivity index (χ0n) is 14.4. The molecule has 0 unspecified atom stereocenters. The van der Waals surface area contributed by atoms with Crippen LogP contribution in [0.25, 0.3) is 0 Å². The van der Waals surface area contributed by atoms with Crippen LogP contribution >= 0.6 is 11.8 Å². The van der Waals surface area contributed by atoms with Crippen LogP contribution in [-0.4, -0.2) is 10.2 Å². The Morgan fingerprint density at radius 2 is 1.04 bits per heavy atom. The van der Waals surface area contributed by atoms with E-state index in [-0.39, 0.29) is 0 Å². The number of phenols is 2. The fourth-order valence-electron chi connectivity index (χ4n) is 3.08. The largest absolute Gasteiger partial charge is 0.507 e. The van der Waals surface area contributed by atoms with Gasteiger partial charge in [-0.25, -0.2) is 0 Å². The van der Waals surface area contributed by atoms with Crippen LogP contribution in [0.5, 0.6) is 11.5 Å². The maximum atomic E-state index is 10.4. The quantitative estimate of drug-likeness (QED) is 0.735. The third-order valence-corrected chi connectivity index (χ3v) is 5.67. The molecule has 0 saturated heterocycles. The van der Waals surface area contributed by atoms with Crippen molar-refractivity contribution in [2.24, 2.45) is 0 Å². The van der Waals surface area contributed by atoms with Crippen molar-refractivity contribution in [3.05, 3.63) is 46.5 Å². The molecule has 0 aliphatic heterocycles. The van der Waals surface area contributed by atoms with Crippen molar-refractivity contribution < 1.29 is 10.2 Å². The van der Waals surface area contributed by atoms with E-state index < -0.39 is 0 Å². The molecular formula is C20H26O2S. The summed E-state index contributed by atoms with van der Waals surface area (Å²) in [6, 6.07) is 7.54. The Labute approximate surface area is 143 Å². The highest BCUT2D eigenvalue weighted by molar-refractivity contribution is 7.99. The molecule has 0 aliphatic carbocycles. The highest BCUT2D eigenvalue weighted by Crippen LogP contribution is 2.44. The van der Waals surface area contributed by atoms with Crippen LogP contribution in [0.2, 0.25) is 0 Å². The second-order valence-corrected chi connectivity index (χ2v) is 6.64. The lowest BCUT2D eigenvalue weighted by Crippen LogP contribution is -1.97. The van der Waals surface area contributed by atoms with Crippen molar-refractivity contribution in [1.82, 2.24) is 0 Å². The Morgan fingerprint density at radius 1 is 0.652 bits per heavy atom. The fourth-order valence-corrected chi connectivity index (χ4v) is 4.43. The maximum Gasteiger partial charge on any atom is 0.129 e. The summed E-state index contributed by atoms with van der Waals surface area (Å²) in [4.78, 5) is 1.76. The first-order chi connectivity index (χ1) is 11.1. The van der Waals surface area contributed by atoms with Gasteiger partial charge in [0.1, 0.15) is 11.5 Å². The smallest absolute Gasteiger partial charge is 0.129 e. The van der Waals surface area contributed by atoms with Crippen molar-refractivity contribution in [3.8, 4) is 11.5 Å². The summed E-state index contributed by atoms with van der Waals surface area (Å²) in [5, 5.41) is 20.8. The van der Waals surface area contributed by atoms with E-state index in [0.29, 0.717) is 11.5 Å². The summed E-state index contributed by atoms with van der Waals surface area (Å²) in [6.07, 6.45) is 3.63. The average molecular weight is 330 g/mol. The number of phenolic OH excluding ortho intramolecular Hbond substituents is 2. The van der Waals surface area contributed by atoms with E-state index in [2.05, 4.69) is 27.7 Å². The summed E-state index contributed by atoms with van der Waals surface area (Å²) in [7, 11) is 0. The van der Waals surface area contributed by atoms with Crippen LogP contribution in [0.15, 0.2) is 34.1 Å². The van der Waals surface area contributed by atoms with Crippen LogP contribution in [-0.2, 0) is 25.7 Å². The van der Waals surface area contributed by atoms with Gasteiger partial charge in [0, 0.05) is 0 Å². The second kappa shape index (κ2) is 7.78. The number of aryl methyl sites for hydroxylation is 2. The zero-order valence-corrected chi connectivity index (χ0v) is 15.3. The van der Waals surface area contributed by atoms with E-state index in [1.807, 2.05) is 12.1 Å². The Bertz CT molecular complexity index is 633. The maximum absolute atomic E-state index is 10.4. The first-order valence-corrected chi connectivity index (χ1v) is 9.24. The lowest BCUT2D eigenvalue weighted by molar-refractivity contribution is 0.457. The molecular weight excluding hydrogens is 304 g/mol. The van der Waals surface area contributed by atoms with Gasteiger partial charge in [0.25, 0.3) is 0 Å². The third kappa shape index (κ3) is 3.50. The van der Waals surface area contributed by atoms with Gasteiger partial charge in [-0.15, -0.1) is 0 Å². The Morgan fingerprint density at radius 3 is 1.35 bits per heavy atom. The lowest BCUT2D eigenvalue weighted by atomic mass is 10.0. The van der Waals surface area contributed by atoms with Gasteiger partial charge < -0.3 is 10.2 Å². The second-order valence-electron chi connectivity index (χ2n) is 5.62. The van der Waals surface area contributed by atoms with E-state index >= 15 is 0 Å². The SMILES string of the molecule is CCc1ccc(O)c(Sc2c(O)ccc(CC)c2CC)c1CC. The van der Waals surface area contributed by atoms with Crippen LogP contribution in [0.1, 0.15) is 49.9 Å². The van der Waals surface area contributed by atoms with Crippen LogP contribution in [0, 0.1) is 0 Å². The minimum absolute atomic E-state index is 0.299. The van der Waals surface area contributed by atoms with E-state index in [1.54, 1.807) is 12.1 Å². The van der Waals surface area contributed by atoms with Gasteiger partial charge in [0.15, 0.2) is 0 Å². The normalized spacial score (nSPS) is 11.0. The predicted molar refractivity (Wildman–Crippen MR) is 97.8 cm³/mol. The summed E-state index contributed by atoms with van der Waals surface area (Å²) in [6.45, 7) is 8.49. The molecule has 0 bridgehead atoms. The molecule has 2 aromatic rings. The van der Waals surface area contributed by atoms with Gasteiger partial charge in [-0.3, -0.25) is 0 Å². The summed E-state index contributed by atoms with van der Waals surface area (Å²) >= 11 is 1.50. The molecule has 0 saturated carbocycles. The van der Waals surface area contributed by atoms with Gasteiger partial charge in [0.2, 0.25) is 0 Å². The molecule has 0 fully saturated rings. The first-order valence-electron chi connectivity index (χ1n) is 8.42. The molecule has 3 heteroatoms. The molecule has 2 aromatic carbocycles. The molecule has 2 nitrogen and oxygen atoms in total. The van der Waals surface area contributed by atoms with Crippen LogP contribution in [0.4, 0.5) is 0 Å². The van der Waals surface area contributed by atoms with Gasteiger partial charge in [-0.1, -0.05) is 51.6 Å². The molecule has 2 N–H and O–H groups in total. The standard InChI is InChI=1S/C20H26O2S/c1-5-13-9-11-17(21)19(15(13)7-3)23-20-16(8-4)14(6-2)10-12-18(20)22/h9-12,21-22H,5-8H2,1-4H3. The fraction of sp³-hybridized carbons (Fsp3) is 0.400. The van der Waals surface area contributed by atoms with Crippen molar-refractivity contribution in [2.75, 3.05) is 0 Å². The number of hydrogen-bond acceptors (Lipinski definition) is 3. The van der Waals surface area contributed by atoms with Crippen molar-refractivity contribution in [3.63, 3.8) is 0 Å². The highest BCUT2D eigenvalue weighted by Gasteiger charge is 2.18. The topological polar surface area (TPSA) is 40.5 Å². The van der Waals surface area contributed by atoms with E-state index in [1.165, 1.54) is 34.0 Å². The van der Waals surface area contributed by atoms with Crippen molar-refractivity contribution in [1.29, 1.82) is 0 Å². The van der Waals surface area contributed by atoms with Crippen LogP contribution in [0.3, 0.4) is 0 Å². The molecule has 0 atom stereocenters. The van der Waals surface area contributed by atoms with Gasteiger partial charge in [-0.05, 0) is 60.1 Å². The number of aromatic hydroxyl groups is 2. The molecule has 0 aromatic heterocycles. The van der Waals surface area contributed by atoms with Gasteiger partial charge in [0.05, 0.1) is 9.79 Å². The minimum Gasteiger partial charge on any atom is -0.507 e. The molecule has 0 heterocycles. The van der Waals surface area contributed by atoms with Crippen LogP contribution < -0.4 is 0 Å². The zero-order chi connectivity index (χ0) is 17.0. The molecule has 2 rings (SSSR count). The highest BCUT2D eigenvalue weighted by atomic mass is 32.2. The van der Waals surface area contributed by atoms with Gasteiger partial charge >= 0.3 is 0 Å². The van der Waals surface area contributed by atoms with Gasteiger partial charge in [-0.2, -0.15) is 0 Å². The lowest BCUT2D eigenvalue weighted by Gasteiger charge is -2.18. The van der Waals surface area contributed by atoms with E-state index in [9.17, 15) is 10.2 Å². The molecule has 23 heavy (non-hydrogen) atoms. The number of rotatable bonds is 6. The first kappa shape index (κ1) is 17.7. The predicted octanol–water partition coefficient (Wildman–Crippen LogP) is 5.50. The van der Waals surface area contributed by atoms with E-state index in [0.717, 1.165) is 35.5 Å². The summed E-state index contributed by atoms with van der Waals surface area (Å²) in [5.41, 5.74) is 4.88. The average Bonchev–Trinajstić information content (AvgIpc) is 2.57. The Kier molecular flexibility index (Phi) is 6.00. The molecule has 0 aliphatic rings. The third-order valence-electron chi connectivity index (χ3n) is 4.35.